The number of carbonyl (C=O) groups excluding carboxylic acids is 4. The van der Waals surface area contributed by atoms with Crippen molar-refractivity contribution >= 4 is 31.9 Å². The highest BCUT2D eigenvalue weighted by atomic mass is 28.4. The van der Waals surface area contributed by atoms with Crippen LogP contribution in [0.25, 0.3) is 0 Å². The van der Waals surface area contributed by atoms with Gasteiger partial charge in [-0.15, -0.1) is 0 Å². The second-order valence-electron chi connectivity index (χ2n) is 9.85. The second kappa shape index (κ2) is 8.20. The first-order chi connectivity index (χ1) is 14.3. The van der Waals surface area contributed by atoms with Crippen LogP contribution >= 0.6 is 0 Å². The Bertz CT molecular complexity index is 883. The molecule has 31 heavy (non-hydrogen) atoms. The molecule has 2 N–H and O–H groups in total. The molecule has 1 aromatic rings. The maximum absolute atomic E-state index is 12.5. The number of fused-ring (bicyclic) bond motifs is 1. The van der Waals surface area contributed by atoms with E-state index in [9.17, 15) is 19.2 Å². The minimum absolute atomic E-state index is 0.0319. The predicted molar refractivity (Wildman–Crippen MR) is 117 cm³/mol. The molecule has 1 atom stereocenters. The van der Waals surface area contributed by atoms with E-state index in [1.165, 1.54) is 4.90 Å². The fourth-order valence-electron chi connectivity index (χ4n) is 3.55. The van der Waals surface area contributed by atoms with Gasteiger partial charge in [-0.25, -0.2) is 0 Å². The number of amides is 4. The molecule has 0 bridgehead atoms. The summed E-state index contributed by atoms with van der Waals surface area (Å²) < 4.78 is 6.03. The van der Waals surface area contributed by atoms with Crippen LogP contribution in [0.3, 0.4) is 0 Å². The Morgan fingerprint density at radius 1 is 1.06 bits per heavy atom. The molecule has 1 aliphatic carbocycles. The Morgan fingerprint density at radius 2 is 1.58 bits per heavy atom. The van der Waals surface area contributed by atoms with Crippen LogP contribution in [0.4, 0.5) is 0 Å². The van der Waals surface area contributed by atoms with Crippen LogP contribution in [0.2, 0.25) is 18.1 Å². The standard InChI is InChI=1S/C22H31N3O5Si/c1-13(30-31(5,6)22(2,3)4)18(26)23-24-19(27)14-11-15(12-14)25-20(28)16-9-7-8-10-17(16)21(25)29/h7-10,13-15H,11-12H2,1-6H3,(H,23,26)(H,24,27)/t13-,14?,15?/m1/s1. The van der Waals surface area contributed by atoms with E-state index in [4.69, 9.17) is 4.43 Å². The molecule has 1 aliphatic heterocycles. The average Bonchev–Trinajstić information content (AvgIpc) is 2.89. The van der Waals surface area contributed by atoms with Crippen LogP contribution < -0.4 is 10.9 Å². The first-order valence-electron chi connectivity index (χ1n) is 10.6. The average molecular weight is 446 g/mol. The Balaban J connectivity index is 1.47. The van der Waals surface area contributed by atoms with E-state index < -0.39 is 20.3 Å². The monoisotopic (exact) mass is 445 g/mol. The predicted octanol–water partition coefficient (Wildman–Crippen LogP) is 2.62. The van der Waals surface area contributed by atoms with Gasteiger partial charge in [0.1, 0.15) is 6.10 Å². The summed E-state index contributed by atoms with van der Waals surface area (Å²) in [6.07, 6.45) is 0.0699. The van der Waals surface area contributed by atoms with Gasteiger partial charge in [0.15, 0.2) is 8.32 Å². The number of rotatable bonds is 5. The number of benzene rings is 1. The largest absolute Gasteiger partial charge is 0.405 e. The zero-order chi connectivity index (χ0) is 23.1. The lowest BCUT2D eigenvalue weighted by Gasteiger charge is -2.39. The molecule has 8 nitrogen and oxygen atoms in total. The topological polar surface area (TPSA) is 105 Å². The van der Waals surface area contributed by atoms with Crippen molar-refractivity contribution in [1.82, 2.24) is 15.8 Å². The van der Waals surface area contributed by atoms with Gasteiger partial charge < -0.3 is 4.43 Å². The maximum atomic E-state index is 12.5. The smallest absolute Gasteiger partial charge is 0.265 e. The van der Waals surface area contributed by atoms with Crippen LogP contribution in [0.5, 0.6) is 0 Å². The van der Waals surface area contributed by atoms with E-state index in [0.29, 0.717) is 24.0 Å². The Hall–Kier alpha value is -2.52. The quantitative estimate of drug-likeness (QED) is 0.412. The number of hydrazine groups is 1. The lowest BCUT2D eigenvalue weighted by Crippen LogP contribution is -2.56. The van der Waals surface area contributed by atoms with E-state index in [1.807, 2.05) is 0 Å². The first kappa shape index (κ1) is 23.1. The highest BCUT2D eigenvalue weighted by Crippen LogP contribution is 2.38. The van der Waals surface area contributed by atoms with Crippen molar-refractivity contribution in [2.24, 2.45) is 5.92 Å². The van der Waals surface area contributed by atoms with Crippen molar-refractivity contribution < 1.29 is 23.6 Å². The van der Waals surface area contributed by atoms with Crippen molar-refractivity contribution in [3.63, 3.8) is 0 Å². The van der Waals surface area contributed by atoms with Gasteiger partial charge in [0.05, 0.1) is 11.1 Å². The molecule has 1 saturated carbocycles. The number of carbonyl (C=O) groups is 4. The number of imide groups is 1. The third kappa shape index (κ3) is 4.43. The third-order valence-corrected chi connectivity index (χ3v) is 11.2. The van der Waals surface area contributed by atoms with E-state index in [2.05, 4.69) is 44.7 Å². The van der Waals surface area contributed by atoms with E-state index in [-0.39, 0.29) is 34.7 Å². The minimum atomic E-state index is -2.11. The van der Waals surface area contributed by atoms with Crippen molar-refractivity contribution in [2.45, 2.75) is 70.8 Å². The highest BCUT2D eigenvalue weighted by Gasteiger charge is 2.47. The lowest BCUT2D eigenvalue weighted by molar-refractivity contribution is -0.136. The van der Waals surface area contributed by atoms with Gasteiger partial charge >= 0.3 is 0 Å². The number of hydrogen-bond donors (Lipinski definition) is 2. The number of hydrogen-bond acceptors (Lipinski definition) is 5. The fourth-order valence-corrected chi connectivity index (χ4v) is 4.90. The van der Waals surface area contributed by atoms with Gasteiger partial charge in [-0.05, 0) is 50.0 Å². The summed E-state index contributed by atoms with van der Waals surface area (Å²) in [5.41, 5.74) is 5.69. The summed E-state index contributed by atoms with van der Waals surface area (Å²) in [6.45, 7) is 12.1. The normalized spacial score (nSPS) is 21.9. The molecule has 1 heterocycles. The third-order valence-electron chi connectivity index (χ3n) is 6.63. The minimum Gasteiger partial charge on any atom is -0.405 e. The molecule has 9 heteroatoms. The zero-order valence-electron chi connectivity index (χ0n) is 18.9. The molecule has 1 fully saturated rings. The lowest BCUT2D eigenvalue weighted by atomic mass is 9.79. The van der Waals surface area contributed by atoms with E-state index in [0.717, 1.165) is 0 Å². The van der Waals surface area contributed by atoms with Gasteiger partial charge in [-0.2, -0.15) is 0 Å². The van der Waals surface area contributed by atoms with Gasteiger partial charge in [-0.3, -0.25) is 34.9 Å². The van der Waals surface area contributed by atoms with Crippen molar-refractivity contribution in [3.8, 4) is 0 Å². The second-order valence-corrected chi connectivity index (χ2v) is 14.6. The molecule has 0 radical (unpaired) electrons. The Kier molecular flexibility index (Phi) is 6.12. The molecule has 2 aliphatic rings. The Morgan fingerprint density at radius 3 is 2.06 bits per heavy atom. The molecule has 0 aromatic heterocycles. The molecule has 0 saturated heterocycles. The summed E-state index contributed by atoms with van der Waals surface area (Å²) in [5, 5.41) is -0.0319. The molecule has 1 aromatic carbocycles. The maximum Gasteiger partial charge on any atom is 0.265 e. The van der Waals surface area contributed by atoms with Gasteiger partial charge in [-0.1, -0.05) is 32.9 Å². The van der Waals surface area contributed by atoms with Crippen molar-refractivity contribution in [3.05, 3.63) is 35.4 Å². The molecule has 168 valence electrons. The van der Waals surface area contributed by atoms with Gasteiger partial charge in [0.2, 0.25) is 5.91 Å². The molecule has 3 rings (SSSR count). The summed E-state index contributed by atoms with van der Waals surface area (Å²) in [7, 11) is -2.11. The first-order valence-corrected chi connectivity index (χ1v) is 13.5. The van der Waals surface area contributed by atoms with E-state index >= 15 is 0 Å². The van der Waals surface area contributed by atoms with E-state index in [1.54, 1.807) is 31.2 Å². The van der Waals surface area contributed by atoms with Crippen LogP contribution in [-0.4, -0.2) is 49.0 Å². The van der Waals surface area contributed by atoms with Gasteiger partial charge in [0, 0.05) is 12.0 Å². The van der Waals surface area contributed by atoms with Crippen molar-refractivity contribution in [2.75, 3.05) is 0 Å². The van der Waals surface area contributed by atoms with Crippen LogP contribution in [0.1, 0.15) is 61.3 Å². The molecular formula is C22H31N3O5Si. The SMILES string of the molecule is C[C@@H](O[Si](C)(C)C(C)(C)C)C(=O)NNC(=O)C1CC(N2C(=O)c3ccccc3C2=O)C1. The summed E-state index contributed by atoms with van der Waals surface area (Å²) >= 11 is 0. The summed E-state index contributed by atoms with van der Waals surface area (Å²) in [5.74, 6) is -1.73. The Labute approximate surface area is 183 Å². The van der Waals surface area contributed by atoms with Gasteiger partial charge in [0.25, 0.3) is 17.7 Å². The van der Waals surface area contributed by atoms with Crippen LogP contribution in [0, 0.1) is 5.92 Å². The summed E-state index contributed by atoms with van der Waals surface area (Å²) in [6, 6.07) is 6.42. The summed E-state index contributed by atoms with van der Waals surface area (Å²) in [4.78, 5) is 51.0. The number of nitrogens with zero attached hydrogens (tertiary/aromatic N) is 1. The highest BCUT2D eigenvalue weighted by molar-refractivity contribution is 6.74. The molecule has 4 amide bonds. The zero-order valence-corrected chi connectivity index (χ0v) is 19.9. The molecule has 0 spiro atoms. The molecular weight excluding hydrogens is 414 g/mol. The fraction of sp³-hybridized carbons (Fsp3) is 0.545. The molecule has 0 unspecified atom stereocenters. The van der Waals surface area contributed by atoms with Crippen molar-refractivity contribution in [1.29, 1.82) is 0 Å². The number of nitrogens with one attached hydrogen (secondary N) is 2. The van der Waals surface area contributed by atoms with Crippen LogP contribution in [0.15, 0.2) is 24.3 Å². The van der Waals surface area contributed by atoms with Crippen LogP contribution in [-0.2, 0) is 14.0 Å².